The lowest BCUT2D eigenvalue weighted by atomic mass is 9.83. The molecule has 0 bridgehead atoms. The van der Waals surface area contributed by atoms with E-state index in [1.807, 2.05) is 4.57 Å². The minimum atomic E-state index is -4.49. The van der Waals surface area contributed by atoms with Gasteiger partial charge >= 0.3 is 6.18 Å². The molecule has 1 aliphatic heterocycles. The summed E-state index contributed by atoms with van der Waals surface area (Å²) in [6.45, 7) is 1.60. The van der Waals surface area contributed by atoms with Gasteiger partial charge in [-0.05, 0) is 37.1 Å². The molecule has 2 fully saturated rings. The van der Waals surface area contributed by atoms with Gasteiger partial charge in [0.05, 0.1) is 17.8 Å². The van der Waals surface area contributed by atoms with Crippen LogP contribution in [0.2, 0.25) is 5.02 Å². The third-order valence-corrected chi connectivity index (χ3v) is 6.28. The van der Waals surface area contributed by atoms with E-state index in [4.69, 9.17) is 16.6 Å². The summed E-state index contributed by atoms with van der Waals surface area (Å²) in [5.41, 5.74) is 0.740. The van der Waals surface area contributed by atoms with Crippen LogP contribution in [0.25, 0.3) is 11.2 Å². The largest absolute Gasteiger partial charge is 0.416 e. The molecule has 3 aromatic rings. The summed E-state index contributed by atoms with van der Waals surface area (Å²) < 4.78 is 41.7. The molecule has 1 aromatic carbocycles. The number of alkyl halides is 3. The van der Waals surface area contributed by atoms with Gasteiger partial charge in [0, 0.05) is 23.7 Å². The smallest absolute Gasteiger partial charge is 0.325 e. The second-order valence-electron chi connectivity index (χ2n) is 8.30. The molecule has 0 radical (unpaired) electrons. The predicted octanol–water partition coefficient (Wildman–Crippen LogP) is 5.12. The van der Waals surface area contributed by atoms with E-state index < -0.39 is 11.7 Å². The maximum Gasteiger partial charge on any atom is 0.416 e. The van der Waals surface area contributed by atoms with E-state index in [0.717, 1.165) is 43.9 Å². The van der Waals surface area contributed by atoms with Crippen molar-refractivity contribution in [3.05, 3.63) is 40.8 Å². The third kappa shape index (κ3) is 4.21. The zero-order valence-corrected chi connectivity index (χ0v) is 17.5. The topological polar surface area (TPSA) is 67.7 Å². The summed E-state index contributed by atoms with van der Waals surface area (Å²) in [5.74, 6) is 1.86. The van der Waals surface area contributed by atoms with Crippen LogP contribution in [0.15, 0.2) is 24.4 Å². The molecule has 0 spiro atoms. The molecule has 10 heteroatoms. The van der Waals surface area contributed by atoms with Crippen LogP contribution in [-0.4, -0.2) is 32.6 Å². The summed E-state index contributed by atoms with van der Waals surface area (Å²) in [7, 11) is 0. The molecule has 1 saturated carbocycles. The lowest BCUT2D eigenvalue weighted by Gasteiger charge is -2.24. The molecule has 2 aromatic heterocycles. The molecule has 1 atom stereocenters. The normalized spacial score (nSPS) is 19.7. The first-order valence-corrected chi connectivity index (χ1v) is 10.8. The Bertz CT molecular complexity index is 1100. The molecule has 1 unspecified atom stereocenters. The van der Waals surface area contributed by atoms with E-state index in [-0.39, 0.29) is 16.8 Å². The minimum absolute atomic E-state index is 0.00472. The van der Waals surface area contributed by atoms with Crippen molar-refractivity contribution in [3.63, 3.8) is 0 Å². The first-order chi connectivity index (χ1) is 14.9. The molecule has 31 heavy (non-hydrogen) atoms. The molecule has 164 valence electrons. The molecule has 6 nitrogen and oxygen atoms in total. The Hall–Kier alpha value is -2.39. The Morgan fingerprint density at radius 1 is 1.16 bits per heavy atom. The van der Waals surface area contributed by atoms with Gasteiger partial charge in [0.1, 0.15) is 11.3 Å². The quantitative estimate of drug-likeness (QED) is 0.564. The van der Waals surface area contributed by atoms with E-state index in [9.17, 15) is 13.2 Å². The van der Waals surface area contributed by atoms with Crippen molar-refractivity contribution in [2.45, 2.75) is 44.3 Å². The lowest BCUT2D eigenvalue weighted by Crippen LogP contribution is -2.17. The molecule has 2 aliphatic rings. The standard InChI is InChI=1S/C21H22ClF3N6/c22-14-7-13(21(23,24)25)8-15(9-14)28-20-29-17-11-27-18(6-12-2-1-3-12)30-19(17)31(20)16-4-5-26-10-16/h7-9,11-12,16,26H,1-6,10H2,(H,28,29). The van der Waals surface area contributed by atoms with Crippen molar-refractivity contribution in [1.29, 1.82) is 0 Å². The summed E-state index contributed by atoms with van der Waals surface area (Å²) in [6, 6.07) is 3.51. The number of fused-ring (bicyclic) bond motifs is 1. The first kappa shape index (κ1) is 20.5. The highest BCUT2D eigenvalue weighted by atomic mass is 35.5. The number of halogens is 4. The number of nitrogens with zero attached hydrogens (tertiary/aromatic N) is 4. The maximum atomic E-state index is 13.2. The van der Waals surface area contributed by atoms with Gasteiger partial charge in [-0.1, -0.05) is 30.9 Å². The third-order valence-electron chi connectivity index (χ3n) is 6.06. The highest BCUT2D eigenvalue weighted by Crippen LogP contribution is 2.35. The monoisotopic (exact) mass is 450 g/mol. The van der Waals surface area contributed by atoms with Gasteiger partial charge < -0.3 is 10.6 Å². The van der Waals surface area contributed by atoms with Gasteiger partial charge in [0.2, 0.25) is 5.95 Å². The molecule has 0 amide bonds. The first-order valence-electron chi connectivity index (χ1n) is 10.5. The Labute approximate surface area is 182 Å². The Morgan fingerprint density at radius 3 is 2.68 bits per heavy atom. The van der Waals surface area contributed by atoms with Gasteiger partial charge in [-0.2, -0.15) is 13.2 Å². The number of rotatable bonds is 5. The van der Waals surface area contributed by atoms with E-state index in [1.54, 1.807) is 6.20 Å². The summed E-state index contributed by atoms with van der Waals surface area (Å²) in [4.78, 5) is 13.9. The molecule has 2 N–H and O–H groups in total. The average molecular weight is 451 g/mol. The van der Waals surface area contributed by atoms with E-state index in [0.29, 0.717) is 23.0 Å². The van der Waals surface area contributed by atoms with Crippen LogP contribution in [0.4, 0.5) is 24.8 Å². The number of aromatic nitrogens is 4. The highest BCUT2D eigenvalue weighted by Gasteiger charge is 2.31. The van der Waals surface area contributed by atoms with Gasteiger partial charge in [0.15, 0.2) is 5.65 Å². The van der Waals surface area contributed by atoms with Crippen molar-refractivity contribution in [2.24, 2.45) is 5.92 Å². The fraction of sp³-hybridized carbons (Fsp3) is 0.476. The molecular weight excluding hydrogens is 429 g/mol. The van der Waals surface area contributed by atoms with Crippen molar-refractivity contribution >= 4 is 34.4 Å². The predicted molar refractivity (Wildman–Crippen MR) is 113 cm³/mol. The number of anilines is 2. The molecular formula is C21H22ClF3N6. The Kier molecular flexibility index (Phi) is 5.26. The van der Waals surface area contributed by atoms with Crippen LogP contribution in [0.3, 0.4) is 0 Å². The van der Waals surface area contributed by atoms with Gasteiger partial charge in [0.25, 0.3) is 0 Å². The van der Waals surface area contributed by atoms with Crippen LogP contribution in [0, 0.1) is 5.92 Å². The Balaban J connectivity index is 1.54. The van der Waals surface area contributed by atoms with Crippen LogP contribution in [0.1, 0.15) is 43.1 Å². The van der Waals surface area contributed by atoms with Gasteiger partial charge in [-0.25, -0.2) is 15.0 Å². The number of imidazole rings is 1. The highest BCUT2D eigenvalue weighted by molar-refractivity contribution is 6.31. The van der Waals surface area contributed by atoms with E-state index in [1.165, 1.54) is 25.3 Å². The fourth-order valence-corrected chi connectivity index (χ4v) is 4.46. The average Bonchev–Trinajstić information content (AvgIpc) is 3.30. The number of hydrogen-bond acceptors (Lipinski definition) is 5. The van der Waals surface area contributed by atoms with Crippen LogP contribution < -0.4 is 10.6 Å². The van der Waals surface area contributed by atoms with Crippen molar-refractivity contribution in [3.8, 4) is 0 Å². The summed E-state index contributed by atoms with van der Waals surface area (Å²) >= 11 is 5.96. The fourth-order valence-electron chi connectivity index (χ4n) is 4.23. The number of nitrogens with one attached hydrogen (secondary N) is 2. The molecule has 1 aliphatic carbocycles. The van der Waals surface area contributed by atoms with Crippen molar-refractivity contribution in [2.75, 3.05) is 18.4 Å². The van der Waals surface area contributed by atoms with Crippen molar-refractivity contribution < 1.29 is 13.2 Å². The Morgan fingerprint density at radius 2 is 2.00 bits per heavy atom. The SMILES string of the molecule is FC(F)(F)c1cc(Cl)cc(Nc2nc3cnc(CC4CCC4)nc3n2C2CCNC2)c1. The van der Waals surface area contributed by atoms with Gasteiger partial charge in [-0.3, -0.25) is 4.57 Å². The van der Waals surface area contributed by atoms with Crippen molar-refractivity contribution in [1.82, 2.24) is 24.8 Å². The minimum Gasteiger partial charge on any atom is -0.325 e. The maximum absolute atomic E-state index is 13.2. The number of hydrogen-bond donors (Lipinski definition) is 2. The summed E-state index contributed by atoms with van der Waals surface area (Å²) in [6.07, 6.45) is 2.61. The van der Waals surface area contributed by atoms with E-state index >= 15 is 0 Å². The van der Waals surface area contributed by atoms with Crippen LogP contribution in [-0.2, 0) is 12.6 Å². The van der Waals surface area contributed by atoms with Crippen LogP contribution >= 0.6 is 11.6 Å². The molecule has 1 saturated heterocycles. The number of benzene rings is 1. The molecule has 5 rings (SSSR count). The summed E-state index contributed by atoms with van der Waals surface area (Å²) in [5, 5.41) is 6.38. The molecule has 3 heterocycles. The van der Waals surface area contributed by atoms with E-state index in [2.05, 4.69) is 20.6 Å². The second kappa shape index (κ2) is 7.94. The zero-order valence-electron chi connectivity index (χ0n) is 16.7. The van der Waals surface area contributed by atoms with Crippen LogP contribution in [0.5, 0.6) is 0 Å². The second-order valence-corrected chi connectivity index (χ2v) is 8.74. The lowest BCUT2D eigenvalue weighted by molar-refractivity contribution is -0.137. The van der Waals surface area contributed by atoms with Gasteiger partial charge in [-0.15, -0.1) is 0 Å². The zero-order chi connectivity index (χ0) is 21.6.